The van der Waals surface area contributed by atoms with E-state index in [0.29, 0.717) is 17.7 Å². The van der Waals surface area contributed by atoms with E-state index in [1.165, 1.54) is 12.1 Å². The van der Waals surface area contributed by atoms with Gasteiger partial charge in [0, 0.05) is 11.7 Å². The first-order valence-electron chi connectivity index (χ1n) is 6.46. The van der Waals surface area contributed by atoms with Gasteiger partial charge < -0.3 is 11.1 Å². The highest BCUT2D eigenvalue weighted by Crippen LogP contribution is 2.11. The Labute approximate surface area is 117 Å². The Bertz CT molecular complexity index is 596. The first-order chi connectivity index (χ1) is 9.56. The van der Waals surface area contributed by atoms with Crippen molar-refractivity contribution in [1.82, 2.24) is 5.32 Å². The summed E-state index contributed by atoms with van der Waals surface area (Å²) in [7, 11) is 0. The molecule has 0 spiro atoms. The van der Waals surface area contributed by atoms with E-state index in [9.17, 15) is 9.18 Å². The fraction of sp³-hybridized carbons (Fsp3) is 0.188. The van der Waals surface area contributed by atoms with Crippen LogP contribution in [0, 0.1) is 5.82 Å². The summed E-state index contributed by atoms with van der Waals surface area (Å²) in [6.45, 7) is 1.90. The molecular weight excluding hydrogens is 255 g/mol. The lowest BCUT2D eigenvalue weighted by molar-refractivity contribution is 0.0941. The molecule has 1 amide bonds. The third-order valence-electron chi connectivity index (χ3n) is 3.04. The molecule has 3 N–H and O–H groups in total. The lowest BCUT2D eigenvalue weighted by atomic mass is 10.1. The zero-order chi connectivity index (χ0) is 14.5. The van der Waals surface area contributed by atoms with Gasteiger partial charge in [0.25, 0.3) is 5.91 Å². The van der Waals surface area contributed by atoms with Gasteiger partial charge in [-0.25, -0.2) is 4.39 Å². The van der Waals surface area contributed by atoms with E-state index in [1.54, 1.807) is 36.4 Å². The second-order valence-corrected chi connectivity index (χ2v) is 4.79. The number of halogens is 1. The molecule has 0 saturated heterocycles. The maximum atomic E-state index is 12.8. The first kappa shape index (κ1) is 14.1. The van der Waals surface area contributed by atoms with E-state index in [1.807, 2.05) is 6.92 Å². The van der Waals surface area contributed by atoms with Gasteiger partial charge in [-0.15, -0.1) is 0 Å². The van der Waals surface area contributed by atoms with Crippen molar-refractivity contribution in [3.8, 4) is 0 Å². The number of hydrogen-bond acceptors (Lipinski definition) is 2. The van der Waals surface area contributed by atoms with Gasteiger partial charge in [-0.2, -0.15) is 0 Å². The molecule has 0 heterocycles. The number of nitrogens with two attached hydrogens (primary N) is 1. The smallest absolute Gasteiger partial charge is 0.253 e. The van der Waals surface area contributed by atoms with E-state index >= 15 is 0 Å². The molecule has 0 fully saturated rings. The highest BCUT2D eigenvalue weighted by Gasteiger charge is 2.12. The van der Waals surface area contributed by atoms with Crippen LogP contribution in [0.1, 0.15) is 22.8 Å². The van der Waals surface area contributed by atoms with Gasteiger partial charge in [-0.1, -0.05) is 24.3 Å². The second-order valence-electron chi connectivity index (χ2n) is 4.79. The lowest BCUT2D eigenvalue weighted by Crippen LogP contribution is -2.34. The Morgan fingerprint density at radius 2 is 1.85 bits per heavy atom. The number of benzene rings is 2. The van der Waals surface area contributed by atoms with Gasteiger partial charge in [0.1, 0.15) is 5.82 Å². The lowest BCUT2D eigenvalue weighted by Gasteiger charge is -2.15. The third-order valence-corrected chi connectivity index (χ3v) is 3.04. The largest absolute Gasteiger partial charge is 0.398 e. The van der Waals surface area contributed by atoms with Crippen LogP contribution in [0.2, 0.25) is 0 Å². The summed E-state index contributed by atoms with van der Waals surface area (Å²) in [4.78, 5) is 12.1. The van der Waals surface area contributed by atoms with Crippen molar-refractivity contribution in [3.05, 3.63) is 65.5 Å². The Kier molecular flexibility index (Phi) is 4.35. The molecule has 0 aromatic heterocycles. The Balaban J connectivity index is 1.98. The van der Waals surface area contributed by atoms with Crippen molar-refractivity contribution in [3.63, 3.8) is 0 Å². The minimum Gasteiger partial charge on any atom is -0.398 e. The molecule has 1 atom stereocenters. The number of nitrogen functional groups attached to an aromatic ring is 1. The van der Waals surface area contributed by atoms with Crippen LogP contribution in [0.4, 0.5) is 10.1 Å². The SMILES string of the molecule is CC(Cc1ccc(F)cc1)NC(=O)c1ccccc1N. The predicted octanol–water partition coefficient (Wildman–Crippen LogP) is 2.77. The van der Waals surface area contributed by atoms with Crippen LogP contribution in [0.25, 0.3) is 0 Å². The molecule has 0 aliphatic rings. The minimum atomic E-state index is -0.262. The maximum absolute atomic E-state index is 12.8. The summed E-state index contributed by atoms with van der Waals surface area (Å²) in [6.07, 6.45) is 0.638. The maximum Gasteiger partial charge on any atom is 0.253 e. The number of carbonyl (C=O) groups is 1. The molecular formula is C16H17FN2O. The average Bonchev–Trinajstić information content (AvgIpc) is 2.41. The van der Waals surface area contributed by atoms with E-state index in [2.05, 4.69) is 5.32 Å². The number of carbonyl (C=O) groups excluding carboxylic acids is 1. The summed E-state index contributed by atoms with van der Waals surface area (Å²) in [5.74, 6) is -0.458. The molecule has 3 nitrogen and oxygen atoms in total. The number of anilines is 1. The molecule has 1 unspecified atom stereocenters. The van der Waals surface area contributed by atoms with Crippen LogP contribution in [0.15, 0.2) is 48.5 Å². The molecule has 104 valence electrons. The quantitative estimate of drug-likeness (QED) is 0.841. The van der Waals surface area contributed by atoms with Crippen LogP contribution in [-0.4, -0.2) is 11.9 Å². The topological polar surface area (TPSA) is 55.1 Å². The Hall–Kier alpha value is -2.36. The fourth-order valence-corrected chi connectivity index (χ4v) is 2.03. The molecule has 0 radical (unpaired) electrons. The van der Waals surface area contributed by atoms with Crippen molar-refractivity contribution in [2.24, 2.45) is 0 Å². The summed E-state index contributed by atoms with van der Waals surface area (Å²) in [5.41, 5.74) is 7.66. The van der Waals surface area contributed by atoms with Crippen molar-refractivity contribution in [2.75, 3.05) is 5.73 Å². The molecule has 2 rings (SSSR count). The molecule has 0 bridgehead atoms. The molecule has 0 aliphatic heterocycles. The average molecular weight is 272 g/mol. The molecule has 2 aromatic rings. The van der Waals surface area contributed by atoms with Crippen molar-refractivity contribution < 1.29 is 9.18 Å². The highest BCUT2D eigenvalue weighted by atomic mass is 19.1. The van der Waals surface area contributed by atoms with Crippen molar-refractivity contribution in [2.45, 2.75) is 19.4 Å². The van der Waals surface area contributed by atoms with Gasteiger partial charge in [0.15, 0.2) is 0 Å². The van der Waals surface area contributed by atoms with E-state index in [4.69, 9.17) is 5.73 Å². The number of rotatable bonds is 4. The standard InChI is InChI=1S/C16H17FN2O/c1-11(10-12-6-8-13(17)9-7-12)19-16(20)14-4-2-3-5-15(14)18/h2-9,11H,10,18H2,1H3,(H,19,20). The molecule has 0 aliphatic carbocycles. The normalized spacial score (nSPS) is 11.9. The summed E-state index contributed by atoms with van der Waals surface area (Å²) in [6, 6.07) is 13.1. The van der Waals surface area contributed by atoms with Crippen LogP contribution in [0.3, 0.4) is 0 Å². The molecule has 4 heteroatoms. The second kappa shape index (κ2) is 6.19. The summed E-state index contributed by atoms with van der Waals surface area (Å²) in [5, 5.41) is 2.89. The van der Waals surface area contributed by atoms with Gasteiger partial charge in [0.05, 0.1) is 5.56 Å². The van der Waals surface area contributed by atoms with Gasteiger partial charge in [-0.3, -0.25) is 4.79 Å². The summed E-state index contributed by atoms with van der Waals surface area (Å²) >= 11 is 0. The summed E-state index contributed by atoms with van der Waals surface area (Å²) < 4.78 is 12.8. The fourth-order valence-electron chi connectivity index (χ4n) is 2.03. The highest BCUT2D eigenvalue weighted by molar-refractivity contribution is 5.99. The number of hydrogen-bond donors (Lipinski definition) is 2. The first-order valence-corrected chi connectivity index (χ1v) is 6.46. The van der Waals surface area contributed by atoms with Crippen LogP contribution < -0.4 is 11.1 Å². The van der Waals surface area contributed by atoms with Gasteiger partial charge >= 0.3 is 0 Å². The molecule has 20 heavy (non-hydrogen) atoms. The number of nitrogens with one attached hydrogen (secondary N) is 1. The van der Waals surface area contributed by atoms with Gasteiger partial charge in [-0.05, 0) is 43.2 Å². The zero-order valence-corrected chi connectivity index (χ0v) is 11.3. The van der Waals surface area contributed by atoms with Crippen molar-refractivity contribution in [1.29, 1.82) is 0 Å². The van der Waals surface area contributed by atoms with E-state index < -0.39 is 0 Å². The van der Waals surface area contributed by atoms with Crippen molar-refractivity contribution >= 4 is 11.6 Å². The number of para-hydroxylation sites is 1. The third kappa shape index (κ3) is 3.57. The number of amides is 1. The monoisotopic (exact) mass is 272 g/mol. The minimum absolute atomic E-state index is 0.0624. The van der Waals surface area contributed by atoms with Crippen LogP contribution in [-0.2, 0) is 6.42 Å². The van der Waals surface area contributed by atoms with E-state index in [-0.39, 0.29) is 17.8 Å². The Morgan fingerprint density at radius 3 is 2.50 bits per heavy atom. The zero-order valence-electron chi connectivity index (χ0n) is 11.3. The molecule has 2 aromatic carbocycles. The Morgan fingerprint density at radius 1 is 1.20 bits per heavy atom. The predicted molar refractivity (Wildman–Crippen MR) is 77.9 cm³/mol. The van der Waals surface area contributed by atoms with E-state index in [0.717, 1.165) is 5.56 Å². The van der Waals surface area contributed by atoms with Gasteiger partial charge in [0.2, 0.25) is 0 Å². The molecule has 0 saturated carbocycles. The van der Waals surface area contributed by atoms with Crippen LogP contribution in [0.5, 0.6) is 0 Å². The van der Waals surface area contributed by atoms with Crippen LogP contribution >= 0.6 is 0 Å².